The number of H-pyrrole nitrogens is 1. The Morgan fingerprint density at radius 1 is 0.885 bits per heavy atom. The summed E-state index contributed by atoms with van der Waals surface area (Å²) in [4.78, 5) is 23.7. The summed E-state index contributed by atoms with van der Waals surface area (Å²) in [5.74, 6) is 0. The molecule has 0 bridgehead atoms. The predicted molar refractivity (Wildman–Crippen MR) is 101 cm³/mol. The van der Waals surface area contributed by atoms with Crippen LogP contribution in [0.25, 0.3) is 44.6 Å². The zero-order valence-electron chi connectivity index (χ0n) is 13.6. The minimum absolute atomic E-state index is 0.192. The Balaban J connectivity index is 1.93. The molecule has 2 aromatic carbocycles. The van der Waals surface area contributed by atoms with Crippen molar-refractivity contribution in [3.63, 3.8) is 0 Å². The Bertz CT molecular complexity index is 1290. The second-order valence-corrected chi connectivity index (χ2v) is 5.98. The number of hydrogen-bond acceptors (Lipinski definition) is 4. The highest BCUT2D eigenvalue weighted by Crippen LogP contribution is 2.36. The molecule has 0 unspecified atom stereocenters. The topological polar surface area (TPSA) is 71.8 Å². The van der Waals surface area contributed by atoms with Gasteiger partial charge in [-0.1, -0.05) is 60.7 Å². The van der Waals surface area contributed by atoms with Crippen LogP contribution in [-0.4, -0.2) is 15.0 Å². The van der Waals surface area contributed by atoms with Crippen LogP contribution >= 0.6 is 0 Å². The number of benzene rings is 2. The molecule has 5 rings (SSSR count). The van der Waals surface area contributed by atoms with E-state index in [4.69, 9.17) is 4.42 Å². The number of aromatic amines is 1. The minimum atomic E-state index is -0.312. The van der Waals surface area contributed by atoms with Crippen LogP contribution in [0.15, 0.2) is 82.3 Å². The second kappa shape index (κ2) is 5.67. The fourth-order valence-corrected chi connectivity index (χ4v) is 3.18. The molecule has 0 aliphatic rings. The van der Waals surface area contributed by atoms with E-state index in [0.717, 1.165) is 27.8 Å². The van der Waals surface area contributed by atoms with E-state index in [9.17, 15) is 4.79 Å². The summed E-state index contributed by atoms with van der Waals surface area (Å²) < 4.78 is 5.79. The maximum Gasteiger partial charge on any atom is 0.294 e. The number of nitrogens with zero attached hydrogens (tertiary/aromatic N) is 2. The molecule has 5 heteroatoms. The summed E-state index contributed by atoms with van der Waals surface area (Å²) in [6.45, 7) is 0. The van der Waals surface area contributed by atoms with Crippen molar-refractivity contribution >= 4 is 22.2 Å². The third kappa shape index (κ3) is 2.22. The first-order valence-corrected chi connectivity index (χ1v) is 8.23. The van der Waals surface area contributed by atoms with Gasteiger partial charge in [-0.15, -0.1) is 0 Å². The van der Waals surface area contributed by atoms with Gasteiger partial charge in [-0.05, 0) is 17.2 Å². The van der Waals surface area contributed by atoms with Crippen molar-refractivity contribution in [1.82, 2.24) is 15.0 Å². The molecule has 0 saturated carbocycles. The molecule has 0 radical (unpaired) electrons. The number of hydrogen-bond donors (Lipinski definition) is 1. The lowest BCUT2D eigenvalue weighted by molar-refractivity contribution is 0.647. The smallest absolute Gasteiger partial charge is 0.294 e. The molecule has 0 aliphatic carbocycles. The summed E-state index contributed by atoms with van der Waals surface area (Å²) in [5, 5.41) is 0.747. The summed E-state index contributed by atoms with van der Waals surface area (Å²) in [6.07, 6.45) is 1.39. The molecule has 1 N–H and O–H groups in total. The molecule has 124 valence electrons. The van der Waals surface area contributed by atoms with Crippen molar-refractivity contribution in [2.45, 2.75) is 0 Å². The molecule has 3 heterocycles. The Morgan fingerprint density at radius 3 is 2.31 bits per heavy atom. The molecule has 3 aromatic heterocycles. The van der Waals surface area contributed by atoms with E-state index in [1.54, 1.807) is 0 Å². The molecule has 0 aliphatic heterocycles. The van der Waals surface area contributed by atoms with Crippen molar-refractivity contribution < 1.29 is 4.42 Å². The van der Waals surface area contributed by atoms with Crippen molar-refractivity contribution in [3.8, 4) is 22.4 Å². The molecular formula is C21H13N3O2. The average Bonchev–Trinajstić information content (AvgIpc) is 3.09. The zero-order chi connectivity index (χ0) is 17.5. The van der Waals surface area contributed by atoms with Crippen molar-refractivity contribution in [3.05, 3.63) is 83.4 Å². The van der Waals surface area contributed by atoms with Gasteiger partial charge in [0.15, 0.2) is 0 Å². The second-order valence-electron chi connectivity index (χ2n) is 5.98. The lowest BCUT2D eigenvalue weighted by Gasteiger charge is -2.07. The minimum Gasteiger partial charge on any atom is -0.430 e. The van der Waals surface area contributed by atoms with E-state index >= 15 is 0 Å². The van der Waals surface area contributed by atoms with Crippen LogP contribution in [0, 0.1) is 0 Å². The monoisotopic (exact) mass is 339 g/mol. The summed E-state index contributed by atoms with van der Waals surface area (Å²) >= 11 is 0. The molecule has 5 nitrogen and oxygen atoms in total. The van der Waals surface area contributed by atoms with E-state index in [1.807, 2.05) is 66.7 Å². The van der Waals surface area contributed by atoms with Gasteiger partial charge in [0.2, 0.25) is 11.3 Å². The van der Waals surface area contributed by atoms with Crippen molar-refractivity contribution in [2.75, 3.05) is 0 Å². The quantitative estimate of drug-likeness (QED) is 0.517. The normalized spacial score (nSPS) is 11.2. The van der Waals surface area contributed by atoms with Crippen LogP contribution in [-0.2, 0) is 0 Å². The molecule has 0 saturated heterocycles. The van der Waals surface area contributed by atoms with Crippen LogP contribution in [0.3, 0.4) is 0 Å². The first kappa shape index (κ1) is 14.6. The summed E-state index contributed by atoms with van der Waals surface area (Å²) in [6, 6.07) is 21.9. The third-order valence-electron chi connectivity index (χ3n) is 4.39. The summed E-state index contributed by atoms with van der Waals surface area (Å²) in [5.41, 5.74) is 4.53. The average molecular weight is 339 g/mol. The fraction of sp³-hybridized carbons (Fsp3) is 0. The maximum atomic E-state index is 12.1. The van der Waals surface area contributed by atoms with Crippen LogP contribution in [0.2, 0.25) is 0 Å². The highest BCUT2D eigenvalue weighted by Gasteiger charge is 2.18. The number of nitrogens with one attached hydrogen (secondary N) is 1. The lowest BCUT2D eigenvalue weighted by Crippen LogP contribution is -2.04. The number of pyridine rings is 1. The van der Waals surface area contributed by atoms with Crippen LogP contribution < -0.4 is 5.56 Å². The van der Waals surface area contributed by atoms with Gasteiger partial charge in [0, 0.05) is 5.56 Å². The Labute approximate surface area is 148 Å². The molecule has 0 spiro atoms. The highest BCUT2D eigenvalue weighted by atomic mass is 16.3. The highest BCUT2D eigenvalue weighted by molar-refractivity contribution is 6.09. The van der Waals surface area contributed by atoms with E-state index in [-0.39, 0.29) is 11.1 Å². The van der Waals surface area contributed by atoms with Gasteiger partial charge >= 0.3 is 0 Å². The zero-order valence-corrected chi connectivity index (χ0v) is 13.6. The largest absolute Gasteiger partial charge is 0.430 e. The fourth-order valence-electron chi connectivity index (χ4n) is 3.18. The molecule has 26 heavy (non-hydrogen) atoms. The molecule has 5 aromatic rings. The van der Waals surface area contributed by atoms with Gasteiger partial charge in [-0.2, -0.15) is 0 Å². The molecule has 0 amide bonds. The standard InChI is InChI=1S/C21H13N3O2/c25-20-19-18(22-12-23-20)17-15(13-7-3-1-4-8-13)11-16(24-21(17)26-19)14-9-5-2-6-10-14/h1-12H,(H,22,23,25). The van der Waals surface area contributed by atoms with Crippen molar-refractivity contribution in [2.24, 2.45) is 0 Å². The van der Waals surface area contributed by atoms with Gasteiger partial charge in [0.1, 0.15) is 5.52 Å². The summed E-state index contributed by atoms with van der Waals surface area (Å²) in [7, 11) is 0. The Morgan fingerprint density at radius 2 is 1.58 bits per heavy atom. The molecular weight excluding hydrogens is 326 g/mol. The predicted octanol–water partition coefficient (Wildman–Crippen LogP) is 4.40. The van der Waals surface area contributed by atoms with Gasteiger partial charge in [0.25, 0.3) is 5.56 Å². The number of fused-ring (bicyclic) bond motifs is 3. The number of furan rings is 1. The van der Waals surface area contributed by atoms with Gasteiger partial charge in [-0.25, -0.2) is 9.97 Å². The SMILES string of the molecule is O=c1[nH]cnc2c1oc1nc(-c3ccccc3)cc(-c3ccccc3)c12. The Hall–Kier alpha value is -3.73. The van der Waals surface area contributed by atoms with E-state index in [0.29, 0.717) is 11.2 Å². The van der Waals surface area contributed by atoms with Gasteiger partial charge in [-0.3, -0.25) is 4.79 Å². The van der Waals surface area contributed by atoms with Crippen LogP contribution in [0.4, 0.5) is 0 Å². The van der Waals surface area contributed by atoms with E-state index < -0.39 is 0 Å². The lowest BCUT2D eigenvalue weighted by atomic mass is 10.00. The van der Waals surface area contributed by atoms with Crippen LogP contribution in [0.5, 0.6) is 0 Å². The third-order valence-corrected chi connectivity index (χ3v) is 4.39. The first-order valence-electron chi connectivity index (χ1n) is 8.23. The van der Waals surface area contributed by atoms with Crippen molar-refractivity contribution in [1.29, 1.82) is 0 Å². The van der Waals surface area contributed by atoms with Gasteiger partial charge < -0.3 is 9.40 Å². The van der Waals surface area contributed by atoms with E-state index in [1.165, 1.54) is 6.33 Å². The first-order chi connectivity index (χ1) is 12.8. The molecule has 0 fully saturated rings. The maximum absolute atomic E-state index is 12.1. The number of rotatable bonds is 2. The molecule has 0 atom stereocenters. The Kier molecular flexibility index (Phi) is 3.18. The van der Waals surface area contributed by atoms with E-state index in [2.05, 4.69) is 15.0 Å². The number of aromatic nitrogens is 3. The van der Waals surface area contributed by atoms with Crippen LogP contribution in [0.1, 0.15) is 0 Å². The van der Waals surface area contributed by atoms with Gasteiger partial charge in [0.05, 0.1) is 17.4 Å².